The van der Waals surface area contributed by atoms with Gasteiger partial charge in [0.2, 0.25) is 5.91 Å². The van der Waals surface area contributed by atoms with Crippen LogP contribution in [-0.2, 0) is 13.9 Å². The zero-order valence-corrected chi connectivity index (χ0v) is 39.2. The summed E-state index contributed by atoms with van der Waals surface area (Å²) in [6.07, 6.45) is 54.1. The van der Waals surface area contributed by atoms with Crippen molar-refractivity contribution in [2.45, 2.75) is 302 Å². The number of hydrogen-bond donors (Lipinski definition) is 4. The van der Waals surface area contributed by atoms with Gasteiger partial charge in [-0.15, -0.1) is 0 Å². The minimum Gasteiger partial charge on any atom is -0.391 e. The maximum absolute atomic E-state index is 12.6. The minimum atomic E-state index is -4.69. The van der Waals surface area contributed by atoms with Crippen molar-refractivity contribution in [3.05, 3.63) is 0 Å². The van der Waals surface area contributed by atoms with Crippen LogP contribution in [0.4, 0.5) is 0 Å². The lowest BCUT2D eigenvalue weighted by atomic mass is 10.0. The van der Waals surface area contributed by atoms with Crippen LogP contribution in [0.25, 0.3) is 0 Å². The molecule has 0 spiro atoms. The van der Waals surface area contributed by atoms with Crippen molar-refractivity contribution in [3.8, 4) is 0 Å². The van der Waals surface area contributed by atoms with Crippen molar-refractivity contribution in [1.82, 2.24) is 5.32 Å². The van der Waals surface area contributed by atoms with Gasteiger partial charge in [-0.25, -0.2) is 4.57 Å². The number of amides is 1. The Hall–Kier alpha value is -0.460. The molecule has 0 radical (unpaired) electrons. The van der Waals surface area contributed by atoms with E-state index in [1.54, 1.807) is 0 Å². The number of carbonyl (C=O) groups is 1. The van der Waals surface area contributed by atoms with Crippen molar-refractivity contribution in [2.24, 2.45) is 0 Å². The standard InChI is InChI=1S/C49H100NO6P/c1-3-5-7-9-11-13-15-17-18-19-20-21-22-23-24-25-26-27-28-29-30-31-33-35-37-39-41-43-45-49(52)50-47(46-56-57(53,54)55)48(51)44-42-40-38-36-34-32-16-14-12-10-8-6-4-2/h47-48,51H,3-46H2,1-2H3,(H,50,52)(H2,53,54,55)/t47-,48+/m0/s1. The molecule has 0 fully saturated rings. The maximum Gasteiger partial charge on any atom is 0.469 e. The van der Waals surface area contributed by atoms with Gasteiger partial charge in [-0.1, -0.05) is 271 Å². The Labute approximate surface area is 355 Å². The molecule has 0 saturated carbocycles. The Balaban J connectivity index is 3.67. The third-order valence-electron chi connectivity index (χ3n) is 12.1. The quantitative estimate of drug-likeness (QED) is 0.0358. The number of phosphoric ester groups is 1. The highest BCUT2D eigenvalue weighted by Gasteiger charge is 2.25. The summed E-state index contributed by atoms with van der Waals surface area (Å²) in [4.78, 5) is 31.0. The van der Waals surface area contributed by atoms with Gasteiger partial charge in [0, 0.05) is 6.42 Å². The summed E-state index contributed by atoms with van der Waals surface area (Å²) in [7, 11) is -4.69. The third-order valence-corrected chi connectivity index (χ3v) is 12.6. The predicted molar refractivity (Wildman–Crippen MR) is 246 cm³/mol. The first-order valence-corrected chi connectivity index (χ1v) is 27.0. The van der Waals surface area contributed by atoms with Crippen molar-refractivity contribution < 1.29 is 28.8 Å². The van der Waals surface area contributed by atoms with E-state index in [9.17, 15) is 24.3 Å². The van der Waals surface area contributed by atoms with Crippen LogP contribution in [0.1, 0.15) is 290 Å². The number of unbranched alkanes of at least 4 members (excludes halogenated alkanes) is 39. The van der Waals surface area contributed by atoms with Gasteiger partial charge in [0.05, 0.1) is 18.8 Å². The fraction of sp³-hybridized carbons (Fsp3) is 0.980. The van der Waals surface area contributed by atoms with Gasteiger partial charge in [0.15, 0.2) is 0 Å². The molecule has 2 atom stereocenters. The molecule has 7 nitrogen and oxygen atoms in total. The lowest BCUT2D eigenvalue weighted by Gasteiger charge is -2.24. The molecule has 0 unspecified atom stereocenters. The van der Waals surface area contributed by atoms with E-state index in [-0.39, 0.29) is 5.91 Å². The lowest BCUT2D eigenvalue weighted by molar-refractivity contribution is -0.123. The average molecular weight is 830 g/mol. The molecule has 1 amide bonds. The SMILES string of the molecule is CCCCCCCCCCCCCCCCCCCCCCCCCCCCCCC(=O)N[C@@H](COP(=O)(O)O)[C@H](O)CCCCCCCCCCCCCCC. The second-order valence-corrected chi connectivity index (χ2v) is 19.1. The number of nitrogens with one attached hydrogen (secondary N) is 1. The van der Waals surface area contributed by atoms with E-state index in [0.717, 1.165) is 38.5 Å². The topological polar surface area (TPSA) is 116 Å². The summed E-state index contributed by atoms with van der Waals surface area (Å²) < 4.78 is 16.0. The van der Waals surface area contributed by atoms with Gasteiger partial charge in [-0.2, -0.15) is 0 Å². The van der Waals surface area contributed by atoms with Crippen LogP contribution in [0, 0.1) is 0 Å². The number of phosphoric acid groups is 1. The Morgan fingerprint density at radius 3 is 0.947 bits per heavy atom. The summed E-state index contributed by atoms with van der Waals surface area (Å²) in [6.45, 7) is 4.15. The molecule has 8 heteroatoms. The zero-order valence-electron chi connectivity index (χ0n) is 38.3. The first-order valence-electron chi connectivity index (χ1n) is 25.5. The second-order valence-electron chi connectivity index (χ2n) is 17.9. The molecule has 57 heavy (non-hydrogen) atoms. The van der Waals surface area contributed by atoms with E-state index >= 15 is 0 Å². The fourth-order valence-corrected chi connectivity index (χ4v) is 8.59. The van der Waals surface area contributed by atoms with Crippen molar-refractivity contribution in [2.75, 3.05) is 6.61 Å². The van der Waals surface area contributed by atoms with Gasteiger partial charge in [0.1, 0.15) is 0 Å². The summed E-state index contributed by atoms with van der Waals surface area (Å²) in [5.41, 5.74) is 0. The molecule has 0 aromatic carbocycles. The Kier molecular flexibility index (Phi) is 44.7. The molecule has 0 aliphatic heterocycles. The summed E-state index contributed by atoms with van der Waals surface area (Å²) in [5, 5.41) is 13.6. The van der Waals surface area contributed by atoms with Gasteiger partial charge < -0.3 is 20.2 Å². The predicted octanol–water partition coefficient (Wildman–Crippen LogP) is 15.8. The largest absolute Gasteiger partial charge is 0.469 e. The second kappa shape index (κ2) is 45.1. The van der Waals surface area contributed by atoms with Crippen LogP contribution in [0.5, 0.6) is 0 Å². The molecule has 0 aliphatic carbocycles. The molecule has 0 bridgehead atoms. The first-order chi connectivity index (χ1) is 27.8. The third kappa shape index (κ3) is 46.5. The fourth-order valence-electron chi connectivity index (χ4n) is 8.23. The van der Waals surface area contributed by atoms with E-state index in [2.05, 4.69) is 23.7 Å². The van der Waals surface area contributed by atoms with Crippen LogP contribution < -0.4 is 5.32 Å². The first kappa shape index (κ1) is 56.5. The maximum atomic E-state index is 12.6. The van der Waals surface area contributed by atoms with Crippen LogP contribution in [-0.4, -0.2) is 39.6 Å². The van der Waals surface area contributed by atoms with Gasteiger partial charge in [-0.3, -0.25) is 9.32 Å². The Bertz CT molecular complexity index is 854. The van der Waals surface area contributed by atoms with Crippen molar-refractivity contribution in [3.63, 3.8) is 0 Å². The number of hydrogen-bond acceptors (Lipinski definition) is 4. The highest BCUT2D eigenvalue weighted by Crippen LogP contribution is 2.36. The highest BCUT2D eigenvalue weighted by atomic mass is 31.2. The molecule has 0 heterocycles. The summed E-state index contributed by atoms with van der Waals surface area (Å²) in [6, 6.07) is -0.818. The normalized spacial score (nSPS) is 13.0. The van der Waals surface area contributed by atoms with Gasteiger partial charge in [-0.05, 0) is 12.8 Å². The van der Waals surface area contributed by atoms with Crippen LogP contribution in [0.2, 0.25) is 0 Å². The number of rotatable bonds is 48. The molecule has 4 N–H and O–H groups in total. The molecular weight excluding hydrogens is 730 g/mol. The van der Waals surface area contributed by atoms with E-state index < -0.39 is 26.6 Å². The zero-order chi connectivity index (χ0) is 41.8. The van der Waals surface area contributed by atoms with Crippen LogP contribution in [0.3, 0.4) is 0 Å². The smallest absolute Gasteiger partial charge is 0.391 e. The van der Waals surface area contributed by atoms with Gasteiger partial charge >= 0.3 is 7.82 Å². The summed E-state index contributed by atoms with van der Waals surface area (Å²) >= 11 is 0. The molecule has 0 aliphatic rings. The van der Waals surface area contributed by atoms with Crippen molar-refractivity contribution >= 4 is 13.7 Å². The average Bonchev–Trinajstić information content (AvgIpc) is 3.18. The molecule has 0 aromatic rings. The van der Waals surface area contributed by atoms with Gasteiger partial charge in [0.25, 0.3) is 0 Å². The molecular formula is C49H100NO6P. The van der Waals surface area contributed by atoms with E-state index in [4.69, 9.17) is 0 Å². The van der Waals surface area contributed by atoms with E-state index in [1.165, 1.54) is 225 Å². The molecule has 0 aromatic heterocycles. The number of carbonyl (C=O) groups excluding carboxylic acids is 1. The minimum absolute atomic E-state index is 0.187. The highest BCUT2D eigenvalue weighted by molar-refractivity contribution is 7.46. The monoisotopic (exact) mass is 830 g/mol. The van der Waals surface area contributed by atoms with Crippen LogP contribution in [0.15, 0.2) is 0 Å². The van der Waals surface area contributed by atoms with Crippen LogP contribution >= 0.6 is 7.82 Å². The number of aliphatic hydroxyl groups is 1. The molecule has 342 valence electrons. The molecule has 0 saturated heterocycles. The number of aliphatic hydroxyl groups excluding tert-OH is 1. The Morgan fingerprint density at radius 2 is 0.684 bits per heavy atom. The lowest BCUT2D eigenvalue weighted by Crippen LogP contribution is -2.46. The Morgan fingerprint density at radius 1 is 0.439 bits per heavy atom. The van der Waals surface area contributed by atoms with E-state index in [1.807, 2.05) is 0 Å². The van der Waals surface area contributed by atoms with Crippen molar-refractivity contribution in [1.29, 1.82) is 0 Å². The van der Waals surface area contributed by atoms with E-state index in [0.29, 0.717) is 12.8 Å². The molecule has 0 rings (SSSR count). The summed E-state index contributed by atoms with van der Waals surface area (Å²) in [5.74, 6) is -0.187.